The zero-order valence-corrected chi connectivity index (χ0v) is 6.86. The van der Waals surface area contributed by atoms with Crippen LogP contribution in [0.25, 0.3) is 0 Å². The van der Waals surface area contributed by atoms with Crippen molar-refractivity contribution in [2.45, 2.75) is 31.4 Å². The van der Waals surface area contributed by atoms with E-state index in [0.717, 1.165) is 19.3 Å². The standard InChI is InChI=1S/C6H12O3S/c1-2-3-4-6-5-9-10(6,7)8/h6H,2-5H2,1H3. The van der Waals surface area contributed by atoms with Crippen LogP contribution in [-0.2, 0) is 14.3 Å². The molecule has 4 heteroatoms. The molecule has 3 nitrogen and oxygen atoms in total. The van der Waals surface area contributed by atoms with E-state index in [4.69, 9.17) is 0 Å². The molecule has 1 heterocycles. The first-order valence-electron chi connectivity index (χ1n) is 3.55. The first-order chi connectivity index (χ1) is 4.67. The highest BCUT2D eigenvalue weighted by Crippen LogP contribution is 2.21. The lowest BCUT2D eigenvalue weighted by Crippen LogP contribution is -2.39. The first-order valence-corrected chi connectivity index (χ1v) is 5.02. The van der Waals surface area contributed by atoms with Crippen molar-refractivity contribution in [1.29, 1.82) is 0 Å². The Morgan fingerprint density at radius 2 is 2.30 bits per heavy atom. The lowest BCUT2D eigenvalue weighted by atomic mass is 10.2. The third kappa shape index (κ3) is 1.49. The van der Waals surface area contributed by atoms with E-state index in [1.165, 1.54) is 0 Å². The second-order valence-electron chi connectivity index (χ2n) is 2.54. The van der Waals surface area contributed by atoms with Crippen LogP contribution in [0.5, 0.6) is 0 Å². The maximum atomic E-state index is 10.7. The second-order valence-corrected chi connectivity index (χ2v) is 4.43. The third-order valence-corrected chi connectivity index (χ3v) is 3.36. The van der Waals surface area contributed by atoms with Gasteiger partial charge in [0, 0.05) is 0 Å². The molecule has 0 aromatic carbocycles. The number of unbranched alkanes of at least 4 members (excludes halogenated alkanes) is 1. The molecule has 0 aromatic rings. The smallest absolute Gasteiger partial charge is 0.268 e. The topological polar surface area (TPSA) is 43.4 Å². The number of hydrogen-bond donors (Lipinski definition) is 0. The van der Waals surface area contributed by atoms with Crippen molar-refractivity contribution in [2.75, 3.05) is 6.61 Å². The number of hydrogen-bond acceptors (Lipinski definition) is 3. The highest BCUT2D eigenvalue weighted by atomic mass is 32.2. The molecule has 1 rings (SSSR count). The van der Waals surface area contributed by atoms with Gasteiger partial charge in [-0.15, -0.1) is 0 Å². The molecule has 1 fully saturated rings. The van der Waals surface area contributed by atoms with Gasteiger partial charge in [0.1, 0.15) is 5.25 Å². The summed E-state index contributed by atoms with van der Waals surface area (Å²) in [5, 5.41) is -0.201. The predicted molar refractivity (Wildman–Crippen MR) is 38.2 cm³/mol. The molecule has 10 heavy (non-hydrogen) atoms. The fraction of sp³-hybridized carbons (Fsp3) is 1.00. The Morgan fingerprint density at radius 3 is 2.60 bits per heavy atom. The Balaban J connectivity index is 2.31. The van der Waals surface area contributed by atoms with E-state index in [-0.39, 0.29) is 5.25 Å². The molecule has 1 atom stereocenters. The van der Waals surface area contributed by atoms with Crippen LogP contribution in [0.1, 0.15) is 26.2 Å². The van der Waals surface area contributed by atoms with Gasteiger partial charge in [0.25, 0.3) is 10.1 Å². The molecule has 0 bridgehead atoms. The molecule has 0 N–H and O–H groups in total. The van der Waals surface area contributed by atoms with Crippen molar-refractivity contribution < 1.29 is 12.6 Å². The van der Waals surface area contributed by atoms with Crippen LogP contribution in [-0.4, -0.2) is 20.3 Å². The van der Waals surface area contributed by atoms with Crippen molar-refractivity contribution >= 4 is 10.1 Å². The van der Waals surface area contributed by atoms with Crippen molar-refractivity contribution in [1.82, 2.24) is 0 Å². The average Bonchev–Trinajstić information content (AvgIpc) is 1.87. The Morgan fingerprint density at radius 1 is 1.60 bits per heavy atom. The summed E-state index contributed by atoms with van der Waals surface area (Å²) in [7, 11) is -3.09. The molecule has 0 aromatic heterocycles. The van der Waals surface area contributed by atoms with Gasteiger partial charge in [0.15, 0.2) is 0 Å². The molecule has 1 aliphatic heterocycles. The van der Waals surface area contributed by atoms with Crippen LogP contribution >= 0.6 is 0 Å². The van der Waals surface area contributed by atoms with Gasteiger partial charge in [0.05, 0.1) is 6.61 Å². The van der Waals surface area contributed by atoms with Gasteiger partial charge in [-0.1, -0.05) is 19.8 Å². The molecular formula is C6H12O3S. The minimum absolute atomic E-state index is 0.201. The summed E-state index contributed by atoms with van der Waals surface area (Å²) in [4.78, 5) is 0. The largest absolute Gasteiger partial charge is 0.272 e. The monoisotopic (exact) mass is 164 g/mol. The number of rotatable bonds is 3. The maximum absolute atomic E-state index is 10.7. The maximum Gasteiger partial charge on any atom is 0.272 e. The van der Waals surface area contributed by atoms with Crippen LogP contribution in [0.4, 0.5) is 0 Å². The van der Waals surface area contributed by atoms with E-state index in [0.29, 0.717) is 6.61 Å². The van der Waals surface area contributed by atoms with E-state index in [1.807, 2.05) is 6.92 Å². The SMILES string of the molecule is CCCCC1COS1(=O)=O. The quantitative estimate of drug-likeness (QED) is 0.582. The molecule has 60 valence electrons. The van der Waals surface area contributed by atoms with Crippen LogP contribution in [0.15, 0.2) is 0 Å². The summed E-state index contributed by atoms with van der Waals surface area (Å²) < 4.78 is 25.8. The highest BCUT2D eigenvalue weighted by molar-refractivity contribution is 7.88. The van der Waals surface area contributed by atoms with Gasteiger partial charge in [-0.3, -0.25) is 4.18 Å². The van der Waals surface area contributed by atoms with Gasteiger partial charge >= 0.3 is 0 Å². The molecule has 1 unspecified atom stereocenters. The van der Waals surface area contributed by atoms with Crippen molar-refractivity contribution in [3.63, 3.8) is 0 Å². The third-order valence-electron chi connectivity index (χ3n) is 1.71. The zero-order valence-electron chi connectivity index (χ0n) is 6.04. The van der Waals surface area contributed by atoms with Crippen LogP contribution < -0.4 is 0 Å². The van der Waals surface area contributed by atoms with E-state index in [9.17, 15) is 8.42 Å². The Kier molecular flexibility index (Phi) is 2.31. The zero-order chi connectivity index (χ0) is 7.61. The Labute approximate surface area is 61.5 Å². The van der Waals surface area contributed by atoms with Crippen LogP contribution in [0, 0.1) is 0 Å². The van der Waals surface area contributed by atoms with Gasteiger partial charge in [0.2, 0.25) is 0 Å². The highest BCUT2D eigenvalue weighted by Gasteiger charge is 2.36. The molecule has 0 saturated carbocycles. The Bertz CT molecular complexity index is 195. The molecule has 1 aliphatic rings. The van der Waals surface area contributed by atoms with Gasteiger partial charge in [-0.2, -0.15) is 8.42 Å². The fourth-order valence-electron chi connectivity index (χ4n) is 0.935. The minimum Gasteiger partial charge on any atom is -0.268 e. The van der Waals surface area contributed by atoms with Gasteiger partial charge in [-0.05, 0) is 6.42 Å². The summed E-state index contributed by atoms with van der Waals surface area (Å²) in [6, 6.07) is 0. The van der Waals surface area contributed by atoms with Crippen molar-refractivity contribution in [3.8, 4) is 0 Å². The molecule has 0 spiro atoms. The van der Waals surface area contributed by atoms with Gasteiger partial charge in [-0.25, -0.2) is 0 Å². The average molecular weight is 164 g/mol. The summed E-state index contributed by atoms with van der Waals surface area (Å²) >= 11 is 0. The minimum atomic E-state index is -3.09. The summed E-state index contributed by atoms with van der Waals surface area (Å²) in [6.45, 7) is 2.45. The summed E-state index contributed by atoms with van der Waals surface area (Å²) in [5.74, 6) is 0. The van der Waals surface area contributed by atoms with E-state index in [1.54, 1.807) is 0 Å². The fourth-order valence-corrected chi connectivity index (χ4v) is 1.94. The van der Waals surface area contributed by atoms with E-state index >= 15 is 0 Å². The lowest BCUT2D eigenvalue weighted by Gasteiger charge is -2.24. The van der Waals surface area contributed by atoms with Crippen LogP contribution in [0.3, 0.4) is 0 Å². The van der Waals surface area contributed by atoms with E-state index < -0.39 is 10.1 Å². The Hall–Kier alpha value is -0.0900. The van der Waals surface area contributed by atoms with Crippen molar-refractivity contribution in [3.05, 3.63) is 0 Å². The molecule has 0 aliphatic carbocycles. The second kappa shape index (κ2) is 2.88. The predicted octanol–water partition coefficient (Wildman–Crippen LogP) is 0.905. The van der Waals surface area contributed by atoms with Gasteiger partial charge < -0.3 is 0 Å². The normalized spacial score (nSPS) is 29.5. The first kappa shape index (κ1) is 8.01. The van der Waals surface area contributed by atoms with Crippen molar-refractivity contribution in [2.24, 2.45) is 0 Å². The summed E-state index contributed by atoms with van der Waals surface area (Å²) in [5.41, 5.74) is 0. The lowest BCUT2D eigenvalue weighted by molar-refractivity contribution is 0.238. The molecule has 1 saturated heterocycles. The van der Waals surface area contributed by atoms with E-state index in [2.05, 4.69) is 4.18 Å². The molecule has 0 amide bonds. The molecular weight excluding hydrogens is 152 g/mol. The van der Waals surface area contributed by atoms with Crippen LogP contribution in [0.2, 0.25) is 0 Å². The molecule has 0 radical (unpaired) electrons. The summed E-state index contributed by atoms with van der Waals surface area (Å²) in [6.07, 6.45) is 2.79.